The van der Waals surface area contributed by atoms with Crippen molar-refractivity contribution in [3.05, 3.63) is 34.3 Å². The summed E-state index contributed by atoms with van der Waals surface area (Å²) in [5.74, 6) is -0.253. The summed E-state index contributed by atoms with van der Waals surface area (Å²) in [6.07, 6.45) is 3.59. The number of nitrogens with one attached hydrogen (secondary N) is 1. The van der Waals surface area contributed by atoms with Crippen molar-refractivity contribution in [2.24, 2.45) is 0 Å². The molecule has 1 rings (SSSR count). The normalized spacial score (nSPS) is 11.4. The SMILES string of the molecule is CN(C)CCCNC(=O)/C=C/c1cc(Br)ccc1OC(F)F. The number of rotatable bonds is 8. The number of carbonyl (C=O) groups is 1. The monoisotopic (exact) mass is 376 g/mol. The van der Waals surface area contributed by atoms with Gasteiger partial charge >= 0.3 is 6.61 Å². The summed E-state index contributed by atoms with van der Waals surface area (Å²) in [6.45, 7) is -1.48. The Morgan fingerprint density at radius 1 is 1.45 bits per heavy atom. The molecule has 0 unspecified atom stereocenters. The van der Waals surface area contributed by atoms with Gasteiger partial charge < -0.3 is 15.0 Å². The van der Waals surface area contributed by atoms with Crippen LogP contribution in [0.15, 0.2) is 28.7 Å². The second-order valence-electron chi connectivity index (χ2n) is 4.84. The minimum atomic E-state index is -2.91. The van der Waals surface area contributed by atoms with E-state index in [1.54, 1.807) is 12.1 Å². The average Bonchev–Trinajstić information content (AvgIpc) is 2.43. The number of halogens is 3. The lowest BCUT2D eigenvalue weighted by Crippen LogP contribution is -2.25. The molecule has 0 saturated heterocycles. The van der Waals surface area contributed by atoms with Crippen LogP contribution in [0.5, 0.6) is 5.75 Å². The lowest BCUT2D eigenvalue weighted by atomic mass is 10.2. The molecule has 1 N–H and O–H groups in total. The number of carbonyl (C=O) groups excluding carboxylic acids is 1. The van der Waals surface area contributed by atoms with E-state index in [1.165, 1.54) is 18.2 Å². The Kier molecular flexibility index (Phi) is 8.05. The Balaban J connectivity index is 2.60. The molecule has 1 aromatic rings. The van der Waals surface area contributed by atoms with Gasteiger partial charge in [0, 0.05) is 22.7 Å². The van der Waals surface area contributed by atoms with E-state index in [4.69, 9.17) is 0 Å². The minimum Gasteiger partial charge on any atom is -0.434 e. The van der Waals surface area contributed by atoms with Crippen molar-refractivity contribution in [2.45, 2.75) is 13.0 Å². The fraction of sp³-hybridized carbons (Fsp3) is 0.400. The molecular weight excluding hydrogens is 358 g/mol. The second kappa shape index (κ2) is 9.53. The van der Waals surface area contributed by atoms with E-state index in [-0.39, 0.29) is 11.7 Å². The van der Waals surface area contributed by atoms with Gasteiger partial charge in [0.1, 0.15) is 5.75 Å². The van der Waals surface area contributed by atoms with E-state index >= 15 is 0 Å². The molecule has 0 aliphatic heterocycles. The van der Waals surface area contributed by atoms with Gasteiger partial charge in [0.15, 0.2) is 0 Å². The number of amides is 1. The zero-order valence-corrected chi connectivity index (χ0v) is 14.1. The summed E-state index contributed by atoms with van der Waals surface area (Å²) in [6, 6.07) is 4.62. The predicted octanol–water partition coefficient (Wildman–Crippen LogP) is 3.13. The fourth-order valence-electron chi connectivity index (χ4n) is 1.68. The smallest absolute Gasteiger partial charge is 0.387 e. The molecule has 7 heteroatoms. The number of benzene rings is 1. The molecule has 0 aromatic heterocycles. The Labute approximate surface area is 137 Å². The van der Waals surface area contributed by atoms with Crippen molar-refractivity contribution in [1.29, 1.82) is 0 Å². The first-order valence-electron chi connectivity index (χ1n) is 6.73. The Hall–Kier alpha value is -1.47. The molecule has 0 fully saturated rings. The minimum absolute atomic E-state index is 0.0230. The highest BCUT2D eigenvalue weighted by molar-refractivity contribution is 9.10. The molecule has 0 heterocycles. The van der Waals surface area contributed by atoms with Crippen LogP contribution in [-0.2, 0) is 4.79 Å². The van der Waals surface area contributed by atoms with Crippen molar-refractivity contribution in [3.63, 3.8) is 0 Å². The molecule has 0 spiro atoms. The van der Waals surface area contributed by atoms with Crippen LogP contribution >= 0.6 is 15.9 Å². The summed E-state index contributed by atoms with van der Waals surface area (Å²) in [5.41, 5.74) is 0.401. The third-order valence-corrected chi connectivity index (χ3v) is 3.18. The van der Waals surface area contributed by atoms with Crippen molar-refractivity contribution in [2.75, 3.05) is 27.2 Å². The molecule has 0 aliphatic rings. The third kappa shape index (κ3) is 7.51. The van der Waals surface area contributed by atoms with E-state index in [9.17, 15) is 13.6 Å². The first kappa shape index (κ1) is 18.6. The van der Waals surface area contributed by atoms with E-state index in [0.717, 1.165) is 13.0 Å². The van der Waals surface area contributed by atoms with Gasteiger partial charge in [-0.3, -0.25) is 4.79 Å². The van der Waals surface area contributed by atoms with Gasteiger partial charge in [-0.15, -0.1) is 0 Å². The molecule has 22 heavy (non-hydrogen) atoms. The summed E-state index contributed by atoms with van der Waals surface area (Å²) in [5, 5.41) is 2.73. The van der Waals surface area contributed by atoms with Gasteiger partial charge in [-0.2, -0.15) is 8.78 Å². The molecule has 0 saturated carbocycles. The van der Waals surface area contributed by atoms with Crippen LogP contribution in [0.25, 0.3) is 6.08 Å². The number of alkyl halides is 2. The Morgan fingerprint density at radius 3 is 2.82 bits per heavy atom. The molecular formula is C15H19BrF2N2O2. The molecule has 0 bridgehead atoms. The molecule has 0 atom stereocenters. The quantitative estimate of drug-likeness (QED) is 0.559. The fourth-order valence-corrected chi connectivity index (χ4v) is 2.06. The second-order valence-corrected chi connectivity index (χ2v) is 5.76. The largest absolute Gasteiger partial charge is 0.434 e. The van der Waals surface area contributed by atoms with Crippen LogP contribution in [0, 0.1) is 0 Å². The number of ether oxygens (including phenoxy) is 1. The molecule has 0 aliphatic carbocycles. The van der Waals surface area contributed by atoms with Crippen LogP contribution in [0.3, 0.4) is 0 Å². The zero-order valence-electron chi connectivity index (χ0n) is 12.5. The van der Waals surface area contributed by atoms with E-state index in [2.05, 4.69) is 26.0 Å². The maximum absolute atomic E-state index is 12.3. The van der Waals surface area contributed by atoms with E-state index in [1.807, 2.05) is 19.0 Å². The van der Waals surface area contributed by atoms with E-state index < -0.39 is 6.61 Å². The van der Waals surface area contributed by atoms with Crippen molar-refractivity contribution < 1.29 is 18.3 Å². The Morgan fingerprint density at radius 2 is 2.18 bits per heavy atom. The van der Waals surface area contributed by atoms with Crippen LogP contribution in [0.4, 0.5) is 8.78 Å². The first-order valence-corrected chi connectivity index (χ1v) is 7.53. The average molecular weight is 377 g/mol. The number of hydrogen-bond acceptors (Lipinski definition) is 3. The molecule has 4 nitrogen and oxygen atoms in total. The molecule has 1 amide bonds. The van der Waals surface area contributed by atoms with Crippen LogP contribution in [0.2, 0.25) is 0 Å². The lowest BCUT2D eigenvalue weighted by Gasteiger charge is -2.09. The molecule has 122 valence electrons. The summed E-state index contributed by atoms with van der Waals surface area (Å²) < 4.78 is 29.8. The topological polar surface area (TPSA) is 41.6 Å². The highest BCUT2D eigenvalue weighted by atomic mass is 79.9. The summed E-state index contributed by atoms with van der Waals surface area (Å²) in [7, 11) is 3.92. The van der Waals surface area contributed by atoms with Gasteiger partial charge in [0.05, 0.1) is 0 Å². The molecule has 0 radical (unpaired) electrons. The molecule has 1 aromatic carbocycles. The van der Waals surface area contributed by atoms with Crippen LogP contribution < -0.4 is 10.1 Å². The first-order chi connectivity index (χ1) is 10.4. The zero-order chi connectivity index (χ0) is 16.5. The predicted molar refractivity (Wildman–Crippen MR) is 86.0 cm³/mol. The summed E-state index contributed by atoms with van der Waals surface area (Å²) >= 11 is 3.25. The maximum atomic E-state index is 12.3. The standard InChI is InChI=1S/C15H19BrF2N2O2/c1-20(2)9-3-8-19-14(21)7-4-11-10-12(16)5-6-13(11)22-15(17)18/h4-7,10,15H,3,8-9H2,1-2H3,(H,19,21)/b7-4+. The van der Waals surface area contributed by atoms with E-state index in [0.29, 0.717) is 16.6 Å². The number of nitrogens with zero attached hydrogens (tertiary/aromatic N) is 1. The third-order valence-electron chi connectivity index (χ3n) is 2.68. The number of hydrogen-bond donors (Lipinski definition) is 1. The van der Waals surface area contributed by atoms with Gasteiger partial charge in [0.2, 0.25) is 5.91 Å². The van der Waals surface area contributed by atoms with Crippen molar-refractivity contribution >= 4 is 27.9 Å². The van der Waals surface area contributed by atoms with Gasteiger partial charge in [0.25, 0.3) is 0 Å². The maximum Gasteiger partial charge on any atom is 0.387 e. The van der Waals surface area contributed by atoms with Crippen molar-refractivity contribution in [1.82, 2.24) is 10.2 Å². The van der Waals surface area contributed by atoms with Crippen LogP contribution in [-0.4, -0.2) is 44.6 Å². The van der Waals surface area contributed by atoms with Crippen molar-refractivity contribution in [3.8, 4) is 5.75 Å². The summed E-state index contributed by atoms with van der Waals surface area (Å²) in [4.78, 5) is 13.7. The van der Waals surface area contributed by atoms with Gasteiger partial charge in [-0.1, -0.05) is 15.9 Å². The highest BCUT2D eigenvalue weighted by Crippen LogP contribution is 2.25. The lowest BCUT2D eigenvalue weighted by molar-refractivity contribution is -0.116. The Bertz CT molecular complexity index is 522. The van der Waals surface area contributed by atoms with Gasteiger partial charge in [-0.05, 0) is 51.3 Å². The van der Waals surface area contributed by atoms with Crippen LogP contribution in [0.1, 0.15) is 12.0 Å². The highest BCUT2D eigenvalue weighted by Gasteiger charge is 2.08. The van der Waals surface area contributed by atoms with Gasteiger partial charge in [-0.25, -0.2) is 0 Å².